The highest BCUT2D eigenvalue weighted by Crippen LogP contribution is 2.50. The molecule has 2 aliphatic heterocycles. The summed E-state index contributed by atoms with van der Waals surface area (Å²) in [5.74, 6) is 0.518. The highest BCUT2D eigenvalue weighted by molar-refractivity contribution is 8.14. The molecule has 2 aliphatic rings. The summed E-state index contributed by atoms with van der Waals surface area (Å²) in [4.78, 5) is 22.1. The van der Waals surface area contributed by atoms with Gasteiger partial charge in [-0.05, 0) is 60.9 Å². The monoisotopic (exact) mass is 393 g/mol. The van der Waals surface area contributed by atoms with E-state index in [1.807, 2.05) is 23.2 Å². The fourth-order valence-corrected chi connectivity index (χ4v) is 5.86. The molecule has 1 amide bonds. The summed E-state index contributed by atoms with van der Waals surface area (Å²) < 4.78 is 0. The van der Waals surface area contributed by atoms with Crippen LogP contribution in [0.15, 0.2) is 48.2 Å². The molecule has 6 nitrogen and oxygen atoms in total. The van der Waals surface area contributed by atoms with Crippen LogP contribution >= 0.6 is 11.8 Å². The number of pyridine rings is 1. The standard InChI is InChI=1S/C21H23N5OS/c1-3-14(12-24-25-22)15-7-9-26-19(11-15)20(28-21(26)27)16-6-8-23-18-5-4-13(2)10-17(16)18/h3-6,8,10,14-15,19-20H,1,7,9,11-12H2,2H3/t14-,15-,19?,20-/m0/s1. The summed E-state index contributed by atoms with van der Waals surface area (Å²) in [5.41, 5.74) is 12.0. The minimum absolute atomic E-state index is 0.0903. The van der Waals surface area contributed by atoms with Crippen molar-refractivity contribution in [2.75, 3.05) is 13.1 Å². The Balaban J connectivity index is 1.67. The Morgan fingerprint density at radius 3 is 3.14 bits per heavy atom. The van der Waals surface area contributed by atoms with Crippen LogP contribution in [0.25, 0.3) is 21.3 Å². The number of thioether (sulfide) groups is 1. The number of nitrogens with zero attached hydrogens (tertiary/aromatic N) is 5. The number of aryl methyl sites for hydroxylation is 1. The Hall–Kier alpha value is -2.50. The van der Waals surface area contributed by atoms with Crippen molar-refractivity contribution >= 4 is 27.9 Å². The zero-order chi connectivity index (χ0) is 19.7. The number of carbonyl (C=O) groups is 1. The van der Waals surface area contributed by atoms with Crippen LogP contribution in [0.5, 0.6) is 0 Å². The summed E-state index contributed by atoms with van der Waals surface area (Å²) in [7, 11) is 0. The van der Waals surface area contributed by atoms with Gasteiger partial charge in [0, 0.05) is 35.6 Å². The number of piperidine rings is 1. The van der Waals surface area contributed by atoms with Crippen molar-refractivity contribution in [3.8, 4) is 0 Å². The average molecular weight is 394 g/mol. The van der Waals surface area contributed by atoms with Gasteiger partial charge in [-0.15, -0.1) is 6.58 Å². The van der Waals surface area contributed by atoms with Gasteiger partial charge in [0.25, 0.3) is 5.24 Å². The second-order valence-corrected chi connectivity index (χ2v) is 8.68. The molecule has 0 saturated carbocycles. The lowest BCUT2D eigenvalue weighted by molar-refractivity contribution is 0.136. The van der Waals surface area contributed by atoms with Crippen LogP contribution in [0, 0.1) is 18.8 Å². The number of fused-ring (bicyclic) bond motifs is 2. The molecular weight excluding hydrogens is 370 g/mol. The minimum atomic E-state index is 0.0903. The number of hydrogen-bond acceptors (Lipinski definition) is 4. The van der Waals surface area contributed by atoms with E-state index in [0.29, 0.717) is 12.5 Å². The van der Waals surface area contributed by atoms with Crippen LogP contribution in [0.4, 0.5) is 4.79 Å². The summed E-state index contributed by atoms with van der Waals surface area (Å²) in [5, 5.41) is 5.15. The maximum absolute atomic E-state index is 12.7. The number of aromatic nitrogens is 1. The van der Waals surface area contributed by atoms with Crippen LogP contribution in [-0.2, 0) is 0 Å². The predicted molar refractivity (Wildman–Crippen MR) is 113 cm³/mol. The molecule has 2 saturated heterocycles. The third kappa shape index (κ3) is 3.36. The van der Waals surface area contributed by atoms with Crippen LogP contribution in [-0.4, -0.2) is 34.3 Å². The van der Waals surface area contributed by atoms with E-state index in [1.54, 1.807) is 0 Å². The third-order valence-corrected chi connectivity index (χ3v) is 7.26. The molecule has 1 unspecified atom stereocenters. The lowest BCUT2D eigenvalue weighted by Gasteiger charge is -2.39. The molecule has 3 heterocycles. The zero-order valence-electron chi connectivity index (χ0n) is 15.9. The average Bonchev–Trinajstić information content (AvgIpc) is 3.04. The van der Waals surface area contributed by atoms with Crippen LogP contribution in [0.1, 0.15) is 29.2 Å². The van der Waals surface area contributed by atoms with Gasteiger partial charge in [-0.3, -0.25) is 9.78 Å². The van der Waals surface area contributed by atoms with E-state index in [1.165, 1.54) is 22.9 Å². The van der Waals surface area contributed by atoms with E-state index < -0.39 is 0 Å². The summed E-state index contributed by atoms with van der Waals surface area (Å²) >= 11 is 1.44. The van der Waals surface area contributed by atoms with Gasteiger partial charge in [-0.2, -0.15) is 0 Å². The van der Waals surface area contributed by atoms with Crippen molar-refractivity contribution in [3.63, 3.8) is 0 Å². The summed E-state index contributed by atoms with van der Waals surface area (Å²) in [6.45, 7) is 7.20. The molecule has 4 atom stereocenters. The number of rotatable bonds is 5. The van der Waals surface area contributed by atoms with Crippen molar-refractivity contribution in [3.05, 3.63) is 64.7 Å². The normalized spacial score (nSPS) is 25.2. The molecule has 0 aliphatic carbocycles. The lowest BCUT2D eigenvalue weighted by Crippen LogP contribution is -2.43. The van der Waals surface area contributed by atoms with Gasteiger partial charge in [0.1, 0.15) is 0 Å². The predicted octanol–water partition coefficient (Wildman–Crippen LogP) is 5.64. The summed E-state index contributed by atoms with van der Waals surface area (Å²) in [6, 6.07) is 8.49. The van der Waals surface area contributed by atoms with Crippen LogP contribution in [0.3, 0.4) is 0 Å². The van der Waals surface area contributed by atoms with E-state index in [2.05, 4.69) is 46.7 Å². The number of carbonyl (C=O) groups excluding carboxylic acids is 1. The highest BCUT2D eigenvalue weighted by atomic mass is 32.2. The smallest absolute Gasteiger partial charge is 0.282 e. The molecule has 0 radical (unpaired) electrons. The number of amides is 1. The Kier molecular flexibility index (Phi) is 5.29. The van der Waals surface area contributed by atoms with E-state index in [-0.39, 0.29) is 22.4 Å². The SMILES string of the molecule is C=C[C@@H](CN=[N+]=[N-])[C@H]1CCN2C(=O)S[C@@H](c3ccnc4ccc(C)cc34)C2C1. The second-order valence-electron chi connectivity index (χ2n) is 7.58. The van der Waals surface area contributed by atoms with E-state index in [4.69, 9.17) is 5.53 Å². The molecule has 0 bridgehead atoms. The lowest BCUT2D eigenvalue weighted by atomic mass is 9.79. The molecule has 7 heteroatoms. The molecular formula is C21H23N5OS. The van der Waals surface area contributed by atoms with Crippen LogP contribution in [0.2, 0.25) is 0 Å². The first kappa shape index (κ1) is 18.8. The number of hydrogen-bond donors (Lipinski definition) is 0. The first-order valence-electron chi connectivity index (χ1n) is 9.58. The maximum atomic E-state index is 12.7. The van der Waals surface area contributed by atoms with Gasteiger partial charge in [0.2, 0.25) is 0 Å². The minimum Gasteiger partial charge on any atom is -0.329 e. The molecule has 1 aromatic heterocycles. The van der Waals surface area contributed by atoms with Gasteiger partial charge in [-0.1, -0.05) is 34.6 Å². The fourth-order valence-electron chi connectivity index (χ4n) is 4.53. The van der Waals surface area contributed by atoms with Crippen LogP contribution < -0.4 is 0 Å². The van der Waals surface area contributed by atoms with Crippen molar-refractivity contribution in [2.24, 2.45) is 17.0 Å². The van der Waals surface area contributed by atoms with Crippen molar-refractivity contribution in [1.29, 1.82) is 0 Å². The topological polar surface area (TPSA) is 82.0 Å². The largest absolute Gasteiger partial charge is 0.329 e. The Morgan fingerprint density at radius 2 is 2.36 bits per heavy atom. The first-order valence-corrected chi connectivity index (χ1v) is 10.5. The number of azide groups is 1. The molecule has 144 valence electrons. The molecule has 0 N–H and O–H groups in total. The Bertz CT molecular complexity index is 970. The Labute approximate surface area is 168 Å². The van der Waals surface area contributed by atoms with Gasteiger partial charge in [-0.25, -0.2) is 0 Å². The van der Waals surface area contributed by atoms with Crippen molar-refractivity contribution < 1.29 is 4.79 Å². The maximum Gasteiger partial charge on any atom is 0.282 e. The molecule has 2 fully saturated rings. The fraction of sp³-hybridized carbons (Fsp3) is 0.429. The van der Waals surface area contributed by atoms with Crippen molar-refractivity contribution in [2.45, 2.75) is 31.1 Å². The highest BCUT2D eigenvalue weighted by Gasteiger charge is 2.46. The first-order chi connectivity index (χ1) is 13.6. The molecule has 2 aromatic rings. The molecule has 4 rings (SSSR count). The summed E-state index contributed by atoms with van der Waals surface area (Å²) in [6.07, 6.45) is 5.56. The van der Waals surface area contributed by atoms with Crippen molar-refractivity contribution in [1.82, 2.24) is 9.88 Å². The molecule has 0 spiro atoms. The second kappa shape index (κ2) is 7.86. The van der Waals surface area contributed by atoms with Gasteiger partial charge in [0.15, 0.2) is 0 Å². The van der Waals surface area contributed by atoms with Gasteiger partial charge >= 0.3 is 0 Å². The van der Waals surface area contributed by atoms with Gasteiger partial charge in [0.05, 0.1) is 10.8 Å². The molecule has 28 heavy (non-hydrogen) atoms. The third-order valence-electron chi connectivity index (χ3n) is 6.00. The number of benzene rings is 1. The van der Waals surface area contributed by atoms with E-state index in [9.17, 15) is 4.79 Å². The van der Waals surface area contributed by atoms with E-state index in [0.717, 1.165) is 30.3 Å². The zero-order valence-corrected chi connectivity index (χ0v) is 16.7. The Morgan fingerprint density at radius 1 is 1.50 bits per heavy atom. The molecule has 1 aromatic carbocycles. The van der Waals surface area contributed by atoms with Gasteiger partial charge < -0.3 is 4.90 Å². The van der Waals surface area contributed by atoms with E-state index >= 15 is 0 Å². The quantitative estimate of drug-likeness (QED) is 0.285.